The quantitative estimate of drug-likeness (QED) is 0.582. The second kappa shape index (κ2) is 8.95. The van der Waals surface area contributed by atoms with Crippen LogP contribution >= 0.6 is 15.9 Å². The number of nitrogens with one attached hydrogen (secondary N) is 3. The zero-order valence-electron chi connectivity index (χ0n) is 15.8. The lowest BCUT2D eigenvalue weighted by molar-refractivity contribution is -0.116. The largest absolute Gasteiger partial charge is 0.337 e. The summed E-state index contributed by atoms with van der Waals surface area (Å²) < 4.78 is 25.9. The molecule has 3 amide bonds. The first-order valence-corrected chi connectivity index (χ1v) is 11.7. The standard InChI is InChI=1S/C18H22BrN5O4S/c1-12-10-16(24(23-12)15-7-9-29(27,28)11-15)22-17(25)6-8-20-18(26)21-14-4-2-13(19)3-5-14/h2-5,10,15H,6-9,11H2,1H3,(H,22,25)(H2,20,21,26). The Morgan fingerprint density at radius 2 is 1.97 bits per heavy atom. The summed E-state index contributed by atoms with van der Waals surface area (Å²) in [4.78, 5) is 24.1. The Balaban J connectivity index is 1.48. The summed E-state index contributed by atoms with van der Waals surface area (Å²) in [6, 6.07) is 8.15. The van der Waals surface area contributed by atoms with Crippen LogP contribution in [-0.2, 0) is 14.6 Å². The molecule has 0 bridgehead atoms. The van der Waals surface area contributed by atoms with Crippen molar-refractivity contribution in [2.75, 3.05) is 28.7 Å². The Hall–Kier alpha value is -2.40. The van der Waals surface area contributed by atoms with Gasteiger partial charge in [-0.25, -0.2) is 17.9 Å². The SMILES string of the molecule is Cc1cc(NC(=O)CCNC(=O)Nc2ccc(Br)cc2)n(C2CCS(=O)(=O)C2)n1. The first kappa shape index (κ1) is 21.3. The highest BCUT2D eigenvalue weighted by atomic mass is 79.9. The maximum Gasteiger partial charge on any atom is 0.319 e. The van der Waals surface area contributed by atoms with E-state index in [9.17, 15) is 18.0 Å². The van der Waals surface area contributed by atoms with E-state index in [1.807, 2.05) is 12.1 Å². The van der Waals surface area contributed by atoms with Crippen molar-refractivity contribution in [1.82, 2.24) is 15.1 Å². The highest BCUT2D eigenvalue weighted by molar-refractivity contribution is 9.10. The van der Waals surface area contributed by atoms with Crippen LogP contribution in [0.25, 0.3) is 0 Å². The van der Waals surface area contributed by atoms with Crippen LogP contribution in [0.3, 0.4) is 0 Å². The molecule has 3 rings (SSSR count). The third-order valence-corrected chi connectivity index (χ3v) is 6.70. The zero-order valence-corrected chi connectivity index (χ0v) is 18.2. The van der Waals surface area contributed by atoms with E-state index in [0.717, 1.165) is 4.47 Å². The van der Waals surface area contributed by atoms with Gasteiger partial charge in [0.05, 0.1) is 23.2 Å². The fourth-order valence-corrected chi connectivity index (χ4v) is 5.02. The summed E-state index contributed by atoms with van der Waals surface area (Å²) in [7, 11) is -3.06. The summed E-state index contributed by atoms with van der Waals surface area (Å²) in [5.41, 5.74) is 1.33. The van der Waals surface area contributed by atoms with Crippen LogP contribution in [0.1, 0.15) is 24.6 Å². The number of benzene rings is 1. The third kappa shape index (κ3) is 6.04. The minimum Gasteiger partial charge on any atom is -0.337 e. The van der Waals surface area contributed by atoms with Crippen LogP contribution in [0.15, 0.2) is 34.8 Å². The molecule has 11 heteroatoms. The lowest BCUT2D eigenvalue weighted by Gasteiger charge is -2.14. The van der Waals surface area contributed by atoms with E-state index in [2.05, 4.69) is 37.0 Å². The van der Waals surface area contributed by atoms with Gasteiger partial charge in [-0.05, 0) is 37.6 Å². The predicted molar refractivity (Wildman–Crippen MR) is 114 cm³/mol. The molecule has 1 saturated heterocycles. The van der Waals surface area contributed by atoms with Gasteiger partial charge in [0.1, 0.15) is 5.82 Å². The van der Waals surface area contributed by atoms with Gasteiger partial charge in [0.25, 0.3) is 0 Å². The van der Waals surface area contributed by atoms with Crippen LogP contribution in [0.5, 0.6) is 0 Å². The number of rotatable bonds is 6. The van der Waals surface area contributed by atoms with Crippen LogP contribution in [0, 0.1) is 6.92 Å². The van der Waals surface area contributed by atoms with Crippen LogP contribution < -0.4 is 16.0 Å². The molecule has 0 saturated carbocycles. The Labute approximate surface area is 177 Å². The van der Waals surface area contributed by atoms with Crippen molar-refractivity contribution in [2.45, 2.75) is 25.8 Å². The van der Waals surface area contributed by atoms with E-state index in [0.29, 0.717) is 23.6 Å². The Morgan fingerprint density at radius 3 is 2.62 bits per heavy atom. The molecule has 1 aromatic heterocycles. The normalized spacial score (nSPS) is 17.7. The van der Waals surface area contributed by atoms with Crippen molar-refractivity contribution in [3.8, 4) is 0 Å². The van der Waals surface area contributed by atoms with Crippen LogP contribution in [0.4, 0.5) is 16.3 Å². The number of halogens is 1. The third-order valence-electron chi connectivity index (χ3n) is 4.42. The maximum absolute atomic E-state index is 12.2. The van der Waals surface area contributed by atoms with Gasteiger partial charge >= 0.3 is 6.03 Å². The molecule has 1 fully saturated rings. The molecule has 0 aliphatic carbocycles. The number of nitrogens with zero attached hydrogens (tertiary/aromatic N) is 2. The monoisotopic (exact) mass is 483 g/mol. The fraction of sp³-hybridized carbons (Fsp3) is 0.389. The van der Waals surface area contributed by atoms with Crippen LogP contribution in [-0.4, -0.2) is 48.2 Å². The van der Waals surface area contributed by atoms with Crippen molar-refractivity contribution in [2.24, 2.45) is 0 Å². The average molecular weight is 484 g/mol. The highest BCUT2D eigenvalue weighted by Crippen LogP contribution is 2.27. The Morgan fingerprint density at radius 1 is 1.24 bits per heavy atom. The van der Waals surface area contributed by atoms with Crippen molar-refractivity contribution >= 4 is 49.2 Å². The molecule has 1 unspecified atom stereocenters. The lowest BCUT2D eigenvalue weighted by atomic mass is 10.3. The second-order valence-corrected chi connectivity index (χ2v) is 10.0. The number of aromatic nitrogens is 2. The van der Waals surface area contributed by atoms with Gasteiger partial charge in [0.15, 0.2) is 9.84 Å². The summed E-state index contributed by atoms with van der Waals surface area (Å²) in [6.07, 6.45) is 0.547. The molecule has 29 heavy (non-hydrogen) atoms. The first-order valence-electron chi connectivity index (χ1n) is 9.09. The molecule has 1 aliphatic rings. The molecule has 0 radical (unpaired) electrons. The van der Waals surface area contributed by atoms with E-state index < -0.39 is 15.9 Å². The summed E-state index contributed by atoms with van der Waals surface area (Å²) in [5.74, 6) is 0.320. The molecule has 3 N–H and O–H groups in total. The van der Waals surface area contributed by atoms with E-state index in [4.69, 9.17) is 0 Å². The fourth-order valence-electron chi connectivity index (χ4n) is 3.06. The van der Waals surface area contributed by atoms with Gasteiger partial charge in [-0.3, -0.25) is 4.79 Å². The Kier molecular flexibility index (Phi) is 6.58. The van der Waals surface area contributed by atoms with Gasteiger partial charge in [-0.1, -0.05) is 15.9 Å². The molecule has 1 atom stereocenters. The van der Waals surface area contributed by atoms with E-state index in [1.165, 1.54) is 0 Å². The molecule has 2 heterocycles. The predicted octanol–water partition coefficient (Wildman–Crippen LogP) is 2.46. The lowest BCUT2D eigenvalue weighted by Crippen LogP contribution is -2.31. The van der Waals surface area contributed by atoms with Gasteiger partial charge in [-0.2, -0.15) is 5.10 Å². The number of carbonyl (C=O) groups excluding carboxylic acids is 2. The topological polar surface area (TPSA) is 122 Å². The molecule has 156 valence electrons. The van der Waals surface area contributed by atoms with Crippen molar-refractivity contribution < 1.29 is 18.0 Å². The summed E-state index contributed by atoms with van der Waals surface area (Å²) >= 11 is 3.32. The molecule has 1 aromatic carbocycles. The molecular formula is C18H22BrN5O4S. The number of anilines is 2. The molecular weight excluding hydrogens is 462 g/mol. The van der Waals surface area contributed by atoms with E-state index >= 15 is 0 Å². The number of hydrogen-bond donors (Lipinski definition) is 3. The zero-order chi connectivity index (χ0) is 21.0. The molecule has 9 nitrogen and oxygen atoms in total. The molecule has 2 aromatic rings. The van der Waals surface area contributed by atoms with Crippen molar-refractivity contribution in [3.05, 3.63) is 40.5 Å². The van der Waals surface area contributed by atoms with Gasteiger partial charge in [-0.15, -0.1) is 0 Å². The smallest absolute Gasteiger partial charge is 0.319 e. The number of aryl methyl sites for hydroxylation is 1. The number of sulfone groups is 1. The number of hydrogen-bond acceptors (Lipinski definition) is 5. The van der Waals surface area contributed by atoms with Crippen LogP contribution in [0.2, 0.25) is 0 Å². The number of amides is 3. The minimum absolute atomic E-state index is 0.0226. The van der Waals surface area contributed by atoms with E-state index in [-0.39, 0.29) is 36.4 Å². The highest BCUT2D eigenvalue weighted by Gasteiger charge is 2.31. The van der Waals surface area contributed by atoms with Gasteiger partial charge in [0, 0.05) is 29.2 Å². The van der Waals surface area contributed by atoms with Crippen molar-refractivity contribution in [3.63, 3.8) is 0 Å². The average Bonchev–Trinajstić information content (AvgIpc) is 3.18. The maximum atomic E-state index is 12.2. The number of urea groups is 1. The van der Waals surface area contributed by atoms with Gasteiger partial charge < -0.3 is 16.0 Å². The Bertz CT molecular complexity index is 1000. The number of carbonyl (C=O) groups is 2. The van der Waals surface area contributed by atoms with Gasteiger partial charge in [0.2, 0.25) is 5.91 Å². The van der Waals surface area contributed by atoms with Crippen molar-refractivity contribution in [1.29, 1.82) is 0 Å². The first-order chi connectivity index (χ1) is 13.7. The second-order valence-electron chi connectivity index (χ2n) is 6.86. The van der Waals surface area contributed by atoms with E-state index in [1.54, 1.807) is 29.8 Å². The summed E-state index contributed by atoms with van der Waals surface area (Å²) in [5, 5.41) is 12.4. The minimum atomic E-state index is -3.06. The molecule has 1 aliphatic heterocycles. The summed E-state index contributed by atoms with van der Waals surface area (Å²) in [6.45, 7) is 1.93. The molecule has 0 spiro atoms.